The summed E-state index contributed by atoms with van der Waals surface area (Å²) in [5.74, 6) is -1.85. The van der Waals surface area contributed by atoms with Crippen LogP contribution in [-0.2, 0) is 10.0 Å². The van der Waals surface area contributed by atoms with E-state index in [2.05, 4.69) is 9.71 Å². The normalized spacial score (nSPS) is 11.3. The summed E-state index contributed by atoms with van der Waals surface area (Å²) in [6.45, 7) is 1.62. The highest BCUT2D eigenvalue weighted by Crippen LogP contribution is 2.21. The van der Waals surface area contributed by atoms with E-state index in [-0.39, 0.29) is 16.3 Å². The number of nitrogens with one attached hydrogen (secondary N) is 2. The number of aromatic carboxylic acids is 1. The largest absolute Gasteiger partial charge is 0.477 e. The Kier molecular flexibility index (Phi) is 3.49. The van der Waals surface area contributed by atoms with Crippen molar-refractivity contribution in [3.63, 3.8) is 0 Å². The second-order valence-corrected chi connectivity index (χ2v) is 5.80. The van der Waals surface area contributed by atoms with Crippen LogP contribution in [0.1, 0.15) is 16.1 Å². The molecule has 6 nitrogen and oxygen atoms in total. The smallest absolute Gasteiger partial charge is 0.352 e. The Hall–Kier alpha value is -2.35. The maximum atomic E-state index is 13.1. The number of aromatic nitrogens is 1. The van der Waals surface area contributed by atoms with Gasteiger partial charge in [-0.1, -0.05) is 6.07 Å². The molecule has 106 valence electrons. The SMILES string of the molecule is Cc1ccc(F)cc1NS(=O)(=O)c1c[nH]c(C(=O)O)c1. The van der Waals surface area contributed by atoms with Gasteiger partial charge in [0, 0.05) is 6.20 Å². The summed E-state index contributed by atoms with van der Waals surface area (Å²) in [4.78, 5) is 12.8. The van der Waals surface area contributed by atoms with Crippen LogP contribution in [0.4, 0.5) is 10.1 Å². The zero-order valence-corrected chi connectivity index (χ0v) is 11.2. The van der Waals surface area contributed by atoms with Crippen LogP contribution in [-0.4, -0.2) is 24.5 Å². The Labute approximate surface area is 114 Å². The van der Waals surface area contributed by atoms with E-state index >= 15 is 0 Å². The quantitative estimate of drug-likeness (QED) is 0.803. The van der Waals surface area contributed by atoms with E-state index in [4.69, 9.17) is 5.11 Å². The molecule has 0 saturated carbocycles. The van der Waals surface area contributed by atoms with Crippen molar-refractivity contribution in [3.05, 3.63) is 47.5 Å². The van der Waals surface area contributed by atoms with E-state index in [1.165, 1.54) is 12.1 Å². The summed E-state index contributed by atoms with van der Waals surface area (Å²) in [6.07, 6.45) is 1.06. The lowest BCUT2D eigenvalue weighted by Crippen LogP contribution is -2.13. The fourth-order valence-corrected chi connectivity index (χ4v) is 2.68. The number of hydrogen-bond donors (Lipinski definition) is 3. The minimum absolute atomic E-state index is 0.100. The Morgan fingerprint density at radius 3 is 2.65 bits per heavy atom. The van der Waals surface area contributed by atoms with Crippen LogP contribution in [0.5, 0.6) is 0 Å². The molecule has 20 heavy (non-hydrogen) atoms. The fraction of sp³-hybridized carbons (Fsp3) is 0.0833. The third-order valence-corrected chi connectivity index (χ3v) is 3.99. The standard InChI is InChI=1S/C12H11FN2O4S/c1-7-2-3-8(13)4-10(7)15-20(18,19)9-5-11(12(16)17)14-6-9/h2-6,14-15H,1H3,(H,16,17). The van der Waals surface area contributed by atoms with Gasteiger partial charge in [-0.15, -0.1) is 0 Å². The average Bonchev–Trinajstić information content (AvgIpc) is 2.84. The molecule has 0 radical (unpaired) electrons. The van der Waals surface area contributed by atoms with Gasteiger partial charge in [0.25, 0.3) is 10.0 Å². The number of rotatable bonds is 4. The van der Waals surface area contributed by atoms with Gasteiger partial charge in [-0.2, -0.15) is 0 Å². The van der Waals surface area contributed by atoms with Crippen LogP contribution in [0.25, 0.3) is 0 Å². The van der Waals surface area contributed by atoms with Gasteiger partial charge in [0.05, 0.1) is 5.69 Å². The van der Waals surface area contributed by atoms with Crippen molar-refractivity contribution in [1.82, 2.24) is 4.98 Å². The number of carboxylic acid groups (broad SMARTS) is 1. The van der Waals surface area contributed by atoms with Gasteiger partial charge < -0.3 is 10.1 Å². The minimum Gasteiger partial charge on any atom is -0.477 e. The Morgan fingerprint density at radius 2 is 2.05 bits per heavy atom. The van der Waals surface area contributed by atoms with Crippen molar-refractivity contribution in [3.8, 4) is 0 Å². The van der Waals surface area contributed by atoms with Crippen LogP contribution in [0.3, 0.4) is 0 Å². The summed E-state index contributed by atoms with van der Waals surface area (Å²) in [5, 5.41) is 8.74. The molecule has 0 atom stereocenters. The van der Waals surface area contributed by atoms with E-state index in [1.807, 2.05) is 0 Å². The average molecular weight is 298 g/mol. The molecule has 2 rings (SSSR count). The van der Waals surface area contributed by atoms with Crippen molar-refractivity contribution in [2.45, 2.75) is 11.8 Å². The van der Waals surface area contributed by atoms with Crippen molar-refractivity contribution >= 4 is 21.7 Å². The van der Waals surface area contributed by atoms with Gasteiger partial charge in [0.2, 0.25) is 0 Å². The molecule has 0 aliphatic heterocycles. The van der Waals surface area contributed by atoms with Gasteiger partial charge >= 0.3 is 5.97 Å². The molecule has 0 aliphatic carbocycles. The topological polar surface area (TPSA) is 99.3 Å². The fourth-order valence-electron chi connectivity index (χ4n) is 1.56. The molecule has 8 heteroatoms. The number of aromatic amines is 1. The van der Waals surface area contributed by atoms with Gasteiger partial charge in [-0.3, -0.25) is 4.72 Å². The molecule has 1 heterocycles. The Bertz CT molecular complexity index is 768. The molecule has 0 saturated heterocycles. The molecule has 1 aromatic carbocycles. The lowest BCUT2D eigenvalue weighted by atomic mass is 10.2. The molecule has 0 fully saturated rings. The summed E-state index contributed by atoms with van der Waals surface area (Å²) < 4.78 is 39.4. The molecular weight excluding hydrogens is 287 g/mol. The number of hydrogen-bond acceptors (Lipinski definition) is 3. The third-order valence-electron chi connectivity index (χ3n) is 2.64. The zero-order valence-electron chi connectivity index (χ0n) is 10.3. The molecule has 0 unspecified atom stereocenters. The van der Waals surface area contributed by atoms with Crippen LogP contribution >= 0.6 is 0 Å². The predicted octanol–water partition coefficient (Wildman–Crippen LogP) is 1.96. The molecule has 2 aromatic rings. The van der Waals surface area contributed by atoms with Crippen molar-refractivity contribution in [2.24, 2.45) is 0 Å². The highest BCUT2D eigenvalue weighted by molar-refractivity contribution is 7.92. The number of benzene rings is 1. The molecule has 1 aromatic heterocycles. The zero-order chi connectivity index (χ0) is 14.9. The number of carboxylic acids is 1. The van der Waals surface area contributed by atoms with Crippen LogP contribution in [0.15, 0.2) is 35.4 Å². The number of sulfonamides is 1. The third kappa shape index (κ3) is 2.80. The summed E-state index contributed by atoms with van der Waals surface area (Å²) >= 11 is 0. The van der Waals surface area contributed by atoms with Gasteiger partial charge in [0.1, 0.15) is 16.4 Å². The maximum Gasteiger partial charge on any atom is 0.352 e. The monoisotopic (exact) mass is 298 g/mol. The second kappa shape index (κ2) is 4.97. The highest BCUT2D eigenvalue weighted by atomic mass is 32.2. The molecule has 3 N–H and O–H groups in total. The predicted molar refractivity (Wildman–Crippen MR) is 69.7 cm³/mol. The molecule has 0 bridgehead atoms. The van der Waals surface area contributed by atoms with Crippen molar-refractivity contribution in [2.75, 3.05) is 4.72 Å². The van der Waals surface area contributed by atoms with E-state index in [9.17, 15) is 17.6 Å². The molecule has 0 amide bonds. The Balaban J connectivity index is 2.35. The maximum absolute atomic E-state index is 13.1. The van der Waals surface area contributed by atoms with Crippen molar-refractivity contribution < 1.29 is 22.7 Å². The summed E-state index contributed by atoms with van der Waals surface area (Å²) in [5.41, 5.74) is 0.397. The first-order chi connectivity index (χ1) is 9.29. The number of carbonyl (C=O) groups is 1. The van der Waals surface area contributed by atoms with E-state index in [1.54, 1.807) is 6.92 Å². The first kappa shape index (κ1) is 14.1. The van der Waals surface area contributed by atoms with E-state index in [0.717, 1.165) is 18.3 Å². The number of aryl methyl sites for hydroxylation is 1. The number of halogens is 1. The lowest BCUT2D eigenvalue weighted by molar-refractivity contribution is 0.0691. The first-order valence-corrected chi connectivity index (χ1v) is 6.98. The first-order valence-electron chi connectivity index (χ1n) is 5.50. The van der Waals surface area contributed by atoms with Crippen molar-refractivity contribution in [1.29, 1.82) is 0 Å². The van der Waals surface area contributed by atoms with Crippen LogP contribution in [0.2, 0.25) is 0 Å². The molecule has 0 spiro atoms. The van der Waals surface area contributed by atoms with E-state index < -0.39 is 21.8 Å². The van der Waals surface area contributed by atoms with Crippen LogP contribution < -0.4 is 4.72 Å². The van der Waals surface area contributed by atoms with E-state index in [0.29, 0.717) is 5.56 Å². The molecular formula is C12H11FN2O4S. The summed E-state index contributed by atoms with van der Waals surface area (Å²) in [7, 11) is -3.98. The molecule has 0 aliphatic rings. The number of anilines is 1. The summed E-state index contributed by atoms with van der Waals surface area (Å²) in [6, 6.07) is 4.69. The minimum atomic E-state index is -3.98. The second-order valence-electron chi connectivity index (χ2n) is 4.12. The van der Waals surface area contributed by atoms with Gasteiger partial charge in [-0.05, 0) is 30.7 Å². The highest BCUT2D eigenvalue weighted by Gasteiger charge is 2.19. The number of H-pyrrole nitrogens is 1. The Morgan fingerprint density at radius 1 is 1.35 bits per heavy atom. The van der Waals surface area contributed by atoms with Gasteiger partial charge in [0.15, 0.2) is 0 Å². The van der Waals surface area contributed by atoms with Gasteiger partial charge in [-0.25, -0.2) is 17.6 Å². The lowest BCUT2D eigenvalue weighted by Gasteiger charge is -2.09. The van der Waals surface area contributed by atoms with Crippen LogP contribution in [0, 0.1) is 12.7 Å².